The Morgan fingerprint density at radius 3 is 2.52 bits per heavy atom. The molecule has 0 aliphatic carbocycles. The van der Waals surface area contributed by atoms with Gasteiger partial charge in [0.05, 0.1) is 11.4 Å². The highest BCUT2D eigenvalue weighted by molar-refractivity contribution is 5.96. The summed E-state index contributed by atoms with van der Waals surface area (Å²) in [6.45, 7) is 1.70. The fourth-order valence-corrected chi connectivity index (χ4v) is 2.79. The number of nitrogen functional groups attached to an aromatic ring is 1. The van der Waals surface area contributed by atoms with Crippen LogP contribution in [-0.2, 0) is 4.79 Å². The van der Waals surface area contributed by atoms with Crippen molar-refractivity contribution in [3.8, 4) is 0 Å². The zero-order valence-corrected chi connectivity index (χ0v) is 12.3. The van der Waals surface area contributed by atoms with E-state index in [2.05, 4.69) is 10.2 Å². The molecule has 0 aromatic heterocycles. The highest BCUT2D eigenvalue weighted by Crippen LogP contribution is 2.29. The Hall–Kier alpha value is -2.24. The van der Waals surface area contributed by atoms with Crippen LogP contribution in [0.2, 0.25) is 0 Å². The molecule has 1 heterocycles. The summed E-state index contributed by atoms with van der Waals surface area (Å²) in [6, 6.07) is 5.36. The van der Waals surface area contributed by atoms with Gasteiger partial charge in [-0.15, -0.1) is 0 Å². The van der Waals surface area contributed by atoms with E-state index in [1.807, 2.05) is 6.07 Å². The first-order valence-electron chi connectivity index (χ1n) is 7.16. The molecule has 0 bridgehead atoms. The van der Waals surface area contributed by atoms with Crippen molar-refractivity contribution in [3.63, 3.8) is 0 Å². The van der Waals surface area contributed by atoms with Gasteiger partial charge >= 0.3 is 0 Å². The Balaban J connectivity index is 2.03. The summed E-state index contributed by atoms with van der Waals surface area (Å²) in [6.07, 6.45) is 2.32. The third-order valence-corrected chi connectivity index (χ3v) is 3.96. The highest BCUT2D eigenvalue weighted by atomic mass is 16.1. The second-order valence-electron chi connectivity index (χ2n) is 5.45. The maximum Gasteiger partial charge on any atom is 0.251 e. The molecule has 1 aliphatic heterocycles. The van der Waals surface area contributed by atoms with E-state index in [1.54, 1.807) is 19.2 Å². The Morgan fingerprint density at radius 1 is 1.33 bits per heavy atom. The second-order valence-corrected chi connectivity index (χ2v) is 5.45. The number of hydrogen-bond donors (Lipinski definition) is 3. The molecular weight excluding hydrogens is 268 g/mol. The van der Waals surface area contributed by atoms with Crippen LogP contribution in [-0.4, -0.2) is 32.0 Å². The number of rotatable bonds is 4. The molecule has 1 aromatic carbocycles. The van der Waals surface area contributed by atoms with Crippen LogP contribution in [0.15, 0.2) is 18.2 Å². The normalized spacial score (nSPS) is 15.8. The lowest BCUT2D eigenvalue weighted by Crippen LogP contribution is -2.35. The number of piperidine rings is 1. The molecule has 0 radical (unpaired) electrons. The largest absolute Gasteiger partial charge is 0.397 e. The van der Waals surface area contributed by atoms with Crippen molar-refractivity contribution in [2.75, 3.05) is 30.8 Å². The van der Waals surface area contributed by atoms with Gasteiger partial charge in [-0.2, -0.15) is 0 Å². The molecule has 114 valence electrons. The molecule has 1 aromatic rings. The van der Waals surface area contributed by atoms with Gasteiger partial charge < -0.3 is 21.7 Å². The molecule has 1 fully saturated rings. The summed E-state index contributed by atoms with van der Waals surface area (Å²) in [5.41, 5.74) is 13.4. The van der Waals surface area contributed by atoms with Crippen LogP contribution in [0.4, 0.5) is 11.4 Å². The number of nitrogens with zero attached hydrogens (tertiary/aromatic N) is 1. The van der Waals surface area contributed by atoms with Gasteiger partial charge in [0.25, 0.3) is 5.91 Å². The van der Waals surface area contributed by atoms with Crippen molar-refractivity contribution in [3.05, 3.63) is 23.8 Å². The molecule has 5 N–H and O–H groups in total. The van der Waals surface area contributed by atoms with Gasteiger partial charge in [0.15, 0.2) is 0 Å². The van der Waals surface area contributed by atoms with Gasteiger partial charge in [-0.05, 0) is 37.0 Å². The monoisotopic (exact) mass is 290 g/mol. The SMILES string of the molecule is CNC(=O)c1ccc(N2CCC(CC(N)=O)CC2)c(N)c1. The maximum atomic E-state index is 11.6. The predicted molar refractivity (Wildman–Crippen MR) is 83.0 cm³/mol. The second kappa shape index (κ2) is 6.47. The molecule has 1 saturated heterocycles. The number of amides is 2. The molecule has 6 nitrogen and oxygen atoms in total. The van der Waals surface area contributed by atoms with E-state index in [9.17, 15) is 9.59 Å². The first-order valence-corrected chi connectivity index (χ1v) is 7.16. The average Bonchev–Trinajstić information content (AvgIpc) is 2.47. The predicted octanol–water partition coefficient (Wildman–Crippen LogP) is 0.720. The summed E-state index contributed by atoms with van der Waals surface area (Å²) in [7, 11) is 1.59. The zero-order chi connectivity index (χ0) is 15.4. The summed E-state index contributed by atoms with van der Waals surface area (Å²) < 4.78 is 0. The number of nitrogens with one attached hydrogen (secondary N) is 1. The lowest BCUT2D eigenvalue weighted by atomic mass is 9.93. The van der Waals surface area contributed by atoms with E-state index in [0.29, 0.717) is 23.6 Å². The van der Waals surface area contributed by atoms with Crippen LogP contribution >= 0.6 is 0 Å². The highest BCUT2D eigenvalue weighted by Gasteiger charge is 2.22. The van der Waals surface area contributed by atoms with Crippen LogP contribution in [0.3, 0.4) is 0 Å². The number of hydrogen-bond acceptors (Lipinski definition) is 4. The first kappa shape index (κ1) is 15.2. The molecular formula is C15H22N4O2. The van der Waals surface area contributed by atoms with Crippen LogP contribution < -0.4 is 21.7 Å². The fraction of sp³-hybridized carbons (Fsp3) is 0.467. The third kappa shape index (κ3) is 3.65. The number of benzene rings is 1. The minimum Gasteiger partial charge on any atom is -0.397 e. The van der Waals surface area contributed by atoms with Crippen LogP contribution in [0.1, 0.15) is 29.6 Å². The average molecular weight is 290 g/mol. The van der Waals surface area contributed by atoms with Gasteiger partial charge in [0.1, 0.15) is 0 Å². The van der Waals surface area contributed by atoms with E-state index >= 15 is 0 Å². The summed E-state index contributed by atoms with van der Waals surface area (Å²) in [5.74, 6) is -0.0126. The summed E-state index contributed by atoms with van der Waals surface area (Å²) in [5, 5.41) is 2.58. The van der Waals surface area contributed by atoms with Crippen molar-refractivity contribution in [1.29, 1.82) is 0 Å². The van der Waals surface area contributed by atoms with Crippen LogP contribution in [0, 0.1) is 5.92 Å². The molecule has 1 aliphatic rings. The maximum absolute atomic E-state index is 11.6. The number of carbonyl (C=O) groups is 2. The Morgan fingerprint density at radius 2 is 2.00 bits per heavy atom. The van der Waals surface area contributed by atoms with Crippen molar-refractivity contribution in [1.82, 2.24) is 5.32 Å². The van der Waals surface area contributed by atoms with E-state index in [4.69, 9.17) is 11.5 Å². The molecule has 0 atom stereocenters. The van der Waals surface area contributed by atoms with E-state index in [0.717, 1.165) is 31.6 Å². The van der Waals surface area contributed by atoms with Gasteiger partial charge in [0.2, 0.25) is 5.91 Å². The first-order chi connectivity index (χ1) is 10.0. The van der Waals surface area contributed by atoms with Gasteiger partial charge in [0, 0.05) is 32.1 Å². The van der Waals surface area contributed by atoms with Gasteiger partial charge in [-0.25, -0.2) is 0 Å². The lowest BCUT2D eigenvalue weighted by Gasteiger charge is -2.34. The molecule has 21 heavy (non-hydrogen) atoms. The molecule has 2 amide bonds. The van der Waals surface area contributed by atoms with Crippen molar-refractivity contribution >= 4 is 23.2 Å². The third-order valence-electron chi connectivity index (χ3n) is 3.96. The number of nitrogens with two attached hydrogens (primary N) is 2. The number of carbonyl (C=O) groups excluding carboxylic acids is 2. The molecule has 2 rings (SSSR count). The van der Waals surface area contributed by atoms with E-state index in [1.165, 1.54) is 0 Å². The molecule has 0 unspecified atom stereocenters. The zero-order valence-electron chi connectivity index (χ0n) is 12.3. The Labute approximate surface area is 124 Å². The van der Waals surface area contributed by atoms with Crippen molar-refractivity contribution in [2.24, 2.45) is 11.7 Å². The topological polar surface area (TPSA) is 101 Å². The van der Waals surface area contributed by atoms with Crippen LogP contribution in [0.5, 0.6) is 0 Å². The minimum absolute atomic E-state index is 0.145. The molecule has 0 saturated carbocycles. The van der Waals surface area contributed by atoms with E-state index < -0.39 is 0 Å². The van der Waals surface area contributed by atoms with Gasteiger partial charge in [-0.3, -0.25) is 9.59 Å². The van der Waals surface area contributed by atoms with Crippen molar-refractivity contribution < 1.29 is 9.59 Å². The molecule has 6 heteroatoms. The Bertz CT molecular complexity index is 536. The summed E-state index contributed by atoms with van der Waals surface area (Å²) in [4.78, 5) is 24.7. The smallest absolute Gasteiger partial charge is 0.251 e. The standard InChI is InChI=1S/C15H22N4O2/c1-18-15(21)11-2-3-13(12(16)9-11)19-6-4-10(5-7-19)8-14(17)20/h2-3,9-10H,4-8,16H2,1H3,(H2,17,20)(H,18,21). The fourth-order valence-electron chi connectivity index (χ4n) is 2.79. The molecule has 0 spiro atoms. The Kier molecular flexibility index (Phi) is 4.67. The number of primary amides is 1. The van der Waals surface area contributed by atoms with Crippen molar-refractivity contribution in [2.45, 2.75) is 19.3 Å². The lowest BCUT2D eigenvalue weighted by molar-refractivity contribution is -0.119. The minimum atomic E-state index is -0.233. The van der Waals surface area contributed by atoms with Crippen LogP contribution in [0.25, 0.3) is 0 Å². The summed E-state index contributed by atoms with van der Waals surface area (Å²) >= 11 is 0. The van der Waals surface area contributed by atoms with E-state index in [-0.39, 0.29) is 11.8 Å². The number of anilines is 2. The quantitative estimate of drug-likeness (QED) is 0.711. The van der Waals surface area contributed by atoms with Gasteiger partial charge in [-0.1, -0.05) is 0 Å².